The van der Waals surface area contributed by atoms with Crippen LogP contribution in [0.1, 0.15) is 32.1 Å². The van der Waals surface area contributed by atoms with Crippen LogP contribution in [0, 0.1) is 0 Å². The van der Waals surface area contributed by atoms with Crippen molar-refractivity contribution in [3.05, 3.63) is 0 Å². The van der Waals surface area contributed by atoms with E-state index in [-0.39, 0.29) is 9.76 Å². The van der Waals surface area contributed by atoms with Gasteiger partial charge in [0.1, 0.15) is 10.5 Å². The zero-order chi connectivity index (χ0) is 9.36. The average molecular weight is 253 g/mol. The fourth-order valence-corrected chi connectivity index (χ4v) is 8.34. The molecule has 3 nitrogen and oxygen atoms in total. The molecular formula is C6H20O3Si4. The van der Waals surface area contributed by atoms with Crippen LogP contribution in [-0.4, -0.2) is 40.3 Å². The number of rotatable bonds is 6. The third-order valence-electron chi connectivity index (χ3n) is 2.45. The summed E-state index contributed by atoms with van der Waals surface area (Å²) in [4.78, 5) is 0. The smallest absolute Gasteiger partial charge is 0.284 e. The van der Waals surface area contributed by atoms with E-state index in [1.54, 1.807) is 0 Å². The van der Waals surface area contributed by atoms with Crippen molar-refractivity contribution in [3.8, 4) is 0 Å². The normalized spacial score (nSPS) is 22.2. The van der Waals surface area contributed by atoms with Gasteiger partial charge < -0.3 is 12.3 Å². The van der Waals surface area contributed by atoms with E-state index < -0.39 is 20.0 Å². The fraction of sp³-hybridized carbons (Fsp3) is 1.00. The molecule has 0 amide bonds. The molecule has 0 heterocycles. The maximum atomic E-state index is 5.70. The maximum Gasteiger partial charge on any atom is 0.284 e. The molecule has 0 unspecified atom stereocenters. The molecule has 1 fully saturated rings. The van der Waals surface area contributed by atoms with Crippen molar-refractivity contribution in [3.63, 3.8) is 0 Å². The van der Waals surface area contributed by atoms with Crippen LogP contribution in [0.25, 0.3) is 0 Å². The summed E-state index contributed by atoms with van der Waals surface area (Å²) in [5.41, 5.74) is 0.962. The summed E-state index contributed by atoms with van der Waals surface area (Å²) in [5.74, 6) is 0. The van der Waals surface area contributed by atoms with Crippen LogP contribution in [0.15, 0.2) is 0 Å². The topological polar surface area (TPSA) is 27.7 Å². The second-order valence-corrected chi connectivity index (χ2v) is 11.1. The summed E-state index contributed by atoms with van der Waals surface area (Å²) in [5, 5.41) is 0. The van der Waals surface area contributed by atoms with Gasteiger partial charge in [-0.3, -0.25) is 0 Å². The predicted octanol–water partition coefficient (Wildman–Crippen LogP) is -1.85. The van der Waals surface area contributed by atoms with E-state index in [9.17, 15) is 0 Å². The molecule has 0 atom stereocenters. The van der Waals surface area contributed by atoms with Crippen LogP contribution in [0.4, 0.5) is 0 Å². The molecule has 1 aliphatic carbocycles. The molecule has 0 bridgehead atoms. The van der Waals surface area contributed by atoms with E-state index in [4.69, 9.17) is 12.3 Å². The molecule has 0 N–H and O–H groups in total. The average Bonchev–Trinajstić information content (AvgIpc) is 2.19. The van der Waals surface area contributed by atoms with Gasteiger partial charge in [0.15, 0.2) is 9.76 Å². The third kappa shape index (κ3) is 5.94. The quantitative estimate of drug-likeness (QED) is 0.410. The van der Waals surface area contributed by atoms with Gasteiger partial charge in [0.25, 0.3) is 20.0 Å². The first kappa shape index (κ1) is 11.8. The molecule has 0 aliphatic heterocycles. The summed E-state index contributed by atoms with van der Waals surface area (Å²) >= 11 is 0. The number of hydrogen-bond donors (Lipinski definition) is 0. The van der Waals surface area contributed by atoms with E-state index in [0.29, 0.717) is 0 Å². The lowest BCUT2D eigenvalue weighted by molar-refractivity contribution is 0.420. The molecule has 0 aromatic rings. The molecule has 0 saturated heterocycles. The lowest BCUT2D eigenvalue weighted by Crippen LogP contribution is -2.17. The van der Waals surface area contributed by atoms with Crippen molar-refractivity contribution < 1.29 is 12.3 Å². The van der Waals surface area contributed by atoms with Gasteiger partial charge in [-0.2, -0.15) is 0 Å². The van der Waals surface area contributed by atoms with Crippen molar-refractivity contribution in [1.29, 1.82) is 0 Å². The largest absolute Gasteiger partial charge is 0.449 e. The molecule has 1 saturated carbocycles. The van der Waals surface area contributed by atoms with E-state index in [2.05, 4.69) is 0 Å². The Kier molecular flexibility index (Phi) is 7.35. The Hall–Kier alpha value is 0.748. The highest BCUT2D eigenvalue weighted by atomic mass is 28.4. The Morgan fingerprint density at radius 1 is 1.00 bits per heavy atom. The lowest BCUT2D eigenvalue weighted by atomic mass is 10.0. The van der Waals surface area contributed by atoms with Gasteiger partial charge in [-0.05, 0) is 5.54 Å². The van der Waals surface area contributed by atoms with Gasteiger partial charge in [0.05, 0.1) is 0 Å². The highest BCUT2D eigenvalue weighted by Crippen LogP contribution is 2.27. The van der Waals surface area contributed by atoms with Gasteiger partial charge in [-0.1, -0.05) is 32.1 Å². The molecule has 1 rings (SSSR count). The molecule has 0 aromatic carbocycles. The highest BCUT2D eigenvalue weighted by molar-refractivity contribution is 6.45. The predicted molar refractivity (Wildman–Crippen MR) is 65.7 cm³/mol. The van der Waals surface area contributed by atoms with Crippen LogP contribution in [-0.2, 0) is 12.3 Å². The van der Waals surface area contributed by atoms with E-state index >= 15 is 0 Å². The zero-order valence-electron chi connectivity index (χ0n) is 8.46. The molecule has 7 heteroatoms. The molecule has 0 radical (unpaired) electrons. The highest BCUT2D eigenvalue weighted by Gasteiger charge is 2.13. The van der Waals surface area contributed by atoms with Crippen LogP contribution in [0.3, 0.4) is 0 Å². The van der Waals surface area contributed by atoms with Crippen LogP contribution >= 0.6 is 0 Å². The first-order chi connectivity index (χ1) is 6.43. The molecule has 0 aromatic heterocycles. The molecule has 13 heavy (non-hydrogen) atoms. The standard InChI is InChI=1S/C6H20O3Si4/c10-7-12-9-13-8-11-6-4-2-1-3-5-6/h6H,1-5,11-13H2,10H3. The summed E-state index contributed by atoms with van der Waals surface area (Å²) in [6, 6.07) is 0. The monoisotopic (exact) mass is 252 g/mol. The Labute approximate surface area is 90.5 Å². The Morgan fingerprint density at radius 2 is 1.77 bits per heavy atom. The van der Waals surface area contributed by atoms with Crippen molar-refractivity contribution in [2.45, 2.75) is 37.6 Å². The van der Waals surface area contributed by atoms with E-state index in [0.717, 1.165) is 16.0 Å². The van der Waals surface area contributed by atoms with E-state index in [1.165, 1.54) is 32.1 Å². The minimum absolute atomic E-state index is 0.248. The van der Waals surface area contributed by atoms with Crippen molar-refractivity contribution in [2.75, 3.05) is 0 Å². The molecule has 1 aliphatic rings. The van der Waals surface area contributed by atoms with Crippen LogP contribution in [0.2, 0.25) is 5.54 Å². The summed E-state index contributed by atoms with van der Waals surface area (Å²) in [7, 11) is -0.648. The van der Waals surface area contributed by atoms with Crippen LogP contribution < -0.4 is 0 Å². The molecular weight excluding hydrogens is 232 g/mol. The summed E-state index contributed by atoms with van der Waals surface area (Å²) in [6.45, 7) is 0. The number of hydrogen-bond acceptors (Lipinski definition) is 3. The SMILES string of the molecule is [SiH3]O[SiH2]O[SiH2]O[SiH2]C1CCCCC1. The molecule has 78 valence electrons. The summed E-state index contributed by atoms with van der Waals surface area (Å²) < 4.78 is 16.1. The van der Waals surface area contributed by atoms with Gasteiger partial charge >= 0.3 is 0 Å². The van der Waals surface area contributed by atoms with E-state index in [1.807, 2.05) is 0 Å². The first-order valence-electron chi connectivity index (χ1n) is 5.08. The fourth-order valence-electron chi connectivity index (χ4n) is 1.74. The third-order valence-corrected chi connectivity index (χ3v) is 7.62. The Bertz CT molecular complexity index is 120. The van der Waals surface area contributed by atoms with Gasteiger partial charge in [-0.15, -0.1) is 0 Å². The molecule has 0 spiro atoms. The maximum absolute atomic E-state index is 5.70. The van der Waals surface area contributed by atoms with Crippen molar-refractivity contribution in [2.24, 2.45) is 0 Å². The van der Waals surface area contributed by atoms with Gasteiger partial charge in [-0.25, -0.2) is 0 Å². The minimum atomic E-state index is -0.624. The van der Waals surface area contributed by atoms with Gasteiger partial charge in [0, 0.05) is 0 Å². The lowest BCUT2D eigenvalue weighted by Gasteiger charge is -2.20. The van der Waals surface area contributed by atoms with Crippen molar-refractivity contribution in [1.82, 2.24) is 0 Å². The Balaban J connectivity index is 1.86. The Morgan fingerprint density at radius 3 is 2.46 bits per heavy atom. The minimum Gasteiger partial charge on any atom is -0.449 e. The second kappa shape index (κ2) is 8.09. The van der Waals surface area contributed by atoms with Crippen molar-refractivity contribution >= 4 is 40.3 Å². The second-order valence-electron chi connectivity index (χ2n) is 3.60. The van der Waals surface area contributed by atoms with Crippen LogP contribution in [0.5, 0.6) is 0 Å². The first-order valence-corrected chi connectivity index (χ1v) is 9.60. The zero-order valence-corrected chi connectivity index (χ0v) is 14.7. The summed E-state index contributed by atoms with van der Waals surface area (Å²) in [6.07, 6.45) is 7.16. The van der Waals surface area contributed by atoms with Gasteiger partial charge in [0.2, 0.25) is 0 Å².